The smallest absolute Gasteiger partial charge is 0.227 e. The first-order valence-electron chi connectivity index (χ1n) is 11.2. The number of hydrogen-bond acceptors (Lipinski definition) is 5. The summed E-state index contributed by atoms with van der Waals surface area (Å²) in [6.45, 7) is 6.97. The molecule has 0 spiro atoms. The zero-order chi connectivity index (χ0) is 22.0. The van der Waals surface area contributed by atoms with E-state index in [1.807, 2.05) is 17.0 Å². The second-order valence-corrected chi connectivity index (χ2v) is 8.86. The highest BCUT2D eigenvalue weighted by atomic mass is 16.2. The van der Waals surface area contributed by atoms with E-state index in [9.17, 15) is 9.59 Å². The molecule has 2 amide bonds. The second-order valence-electron chi connectivity index (χ2n) is 8.86. The third kappa shape index (κ3) is 4.70. The molecule has 0 radical (unpaired) electrons. The fourth-order valence-corrected chi connectivity index (χ4v) is 4.58. The fourth-order valence-electron chi connectivity index (χ4n) is 4.58. The van der Waals surface area contributed by atoms with E-state index in [-0.39, 0.29) is 23.7 Å². The van der Waals surface area contributed by atoms with E-state index in [4.69, 9.17) is 5.73 Å². The number of piperidine rings is 2. The molecule has 3 heterocycles. The lowest BCUT2D eigenvalue weighted by Gasteiger charge is -2.37. The van der Waals surface area contributed by atoms with Crippen LogP contribution in [-0.4, -0.2) is 53.1 Å². The van der Waals surface area contributed by atoms with Crippen LogP contribution < -0.4 is 10.6 Å². The molecule has 2 aliphatic heterocycles. The van der Waals surface area contributed by atoms with Gasteiger partial charge in [0.25, 0.3) is 0 Å². The fraction of sp³-hybridized carbons (Fsp3) is 0.500. The maximum Gasteiger partial charge on any atom is 0.227 e. The van der Waals surface area contributed by atoms with Crippen molar-refractivity contribution in [3.05, 3.63) is 41.5 Å². The van der Waals surface area contributed by atoms with Gasteiger partial charge in [-0.3, -0.25) is 9.59 Å². The number of likely N-dealkylation sites (tertiary alicyclic amines) is 1. The van der Waals surface area contributed by atoms with Crippen molar-refractivity contribution in [2.24, 2.45) is 17.6 Å². The Morgan fingerprint density at radius 3 is 2.35 bits per heavy atom. The van der Waals surface area contributed by atoms with Crippen LogP contribution in [-0.2, 0) is 9.59 Å². The van der Waals surface area contributed by atoms with Crippen LogP contribution in [0.3, 0.4) is 0 Å². The van der Waals surface area contributed by atoms with Crippen molar-refractivity contribution in [3.8, 4) is 11.3 Å². The van der Waals surface area contributed by atoms with Crippen LogP contribution in [0.5, 0.6) is 0 Å². The van der Waals surface area contributed by atoms with Crippen LogP contribution in [0, 0.1) is 25.7 Å². The van der Waals surface area contributed by atoms with Gasteiger partial charge in [0.15, 0.2) is 5.82 Å². The molecule has 2 aliphatic rings. The normalized spacial score (nSPS) is 20.0. The third-order valence-corrected chi connectivity index (χ3v) is 6.76. The molecular weight excluding hydrogens is 390 g/mol. The highest BCUT2D eigenvalue weighted by molar-refractivity contribution is 5.81. The monoisotopic (exact) mass is 421 g/mol. The van der Waals surface area contributed by atoms with Crippen molar-refractivity contribution in [2.75, 3.05) is 31.1 Å². The summed E-state index contributed by atoms with van der Waals surface area (Å²) in [5.74, 6) is 0.613. The predicted molar refractivity (Wildman–Crippen MR) is 120 cm³/mol. The van der Waals surface area contributed by atoms with E-state index in [2.05, 4.69) is 47.1 Å². The zero-order valence-electron chi connectivity index (χ0n) is 18.4. The number of benzene rings is 1. The van der Waals surface area contributed by atoms with E-state index in [1.54, 1.807) is 0 Å². The van der Waals surface area contributed by atoms with Crippen molar-refractivity contribution in [3.63, 3.8) is 0 Å². The third-order valence-electron chi connectivity index (χ3n) is 6.76. The lowest BCUT2D eigenvalue weighted by molar-refractivity contribution is -0.138. The van der Waals surface area contributed by atoms with Gasteiger partial charge in [0.1, 0.15) is 0 Å². The molecule has 2 aromatic rings. The summed E-state index contributed by atoms with van der Waals surface area (Å²) in [5, 5.41) is 8.91. The van der Waals surface area contributed by atoms with Crippen LogP contribution >= 0.6 is 0 Å². The van der Waals surface area contributed by atoms with Gasteiger partial charge in [-0.05, 0) is 68.9 Å². The van der Waals surface area contributed by atoms with Gasteiger partial charge in [0.2, 0.25) is 11.8 Å². The number of anilines is 1. The Morgan fingerprint density at radius 2 is 1.71 bits per heavy atom. The van der Waals surface area contributed by atoms with E-state index in [1.165, 1.54) is 11.1 Å². The van der Waals surface area contributed by atoms with Crippen LogP contribution in [0.15, 0.2) is 30.3 Å². The molecule has 0 saturated carbocycles. The summed E-state index contributed by atoms with van der Waals surface area (Å²) in [4.78, 5) is 28.5. The summed E-state index contributed by atoms with van der Waals surface area (Å²) in [7, 11) is 0. The van der Waals surface area contributed by atoms with Gasteiger partial charge in [-0.2, -0.15) is 0 Å². The van der Waals surface area contributed by atoms with Crippen molar-refractivity contribution in [1.29, 1.82) is 0 Å². The summed E-state index contributed by atoms with van der Waals surface area (Å²) in [5.41, 5.74) is 9.83. The molecule has 2 saturated heterocycles. The molecular formula is C24H31N5O2. The summed E-state index contributed by atoms with van der Waals surface area (Å²) >= 11 is 0. The lowest BCUT2D eigenvalue weighted by atomic mass is 9.92. The summed E-state index contributed by atoms with van der Waals surface area (Å²) in [6.07, 6.45) is 3.18. The molecule has 31 heavy (non-hydrogen) atoms. The van der Waals surface area contributed by atoms with Crippen molar-refractivity contribution < 1.29 is 9.59 Å². The molecule has 0 aliphatic carbocycles. The van der Waals surface area contributed by atoms with Crippen LogP contribution in [0.2, 0.25) is 0 Å². The van der Waals surface area contributed by atoms with Gasteiger partial charge in [-0.1, -0.05) is 12.1 Å². The average Bonchev–Trinajstić information content (AvgIpc) is 2.80. The van der Waals surface area contributed by atoms with Crippen molar-refractivity contribution in [2.45, 2.75) is 39.5 Å². The van der Waals surface area contributed by atoms with E-state index in [0.717, 1.165) is 36.5 Å². The first kappa shape index (κ1) is 21.3. The van der Waals surface area contributed by atoms with Gasteiger partial charge < -0.3 is 15.5 Å². The molecule has 0 unspecified atom stereocenters. The van der Waals surface area contributed by atoms with E-state index in [0.29, 0.717) is 32.5 Å². The molecule has 7 nitrogen and oxygen atoms in total. The Kier molecular flexibility index (Phi) is 6.20. The number of nitrogens with two attached hydrogens (primary N) is 1. The number of hydrogen-bond donors (Lipinski definition) is 1. The molecule has 7 heteroatoms. The summed E-state index contributed by atoms with van der Waals surface area (Å²) in [6, 6.07) is 10.3. The Labute approximate surface area is 183 Å². The predicted octanol–water partition coefficient (Wildman–Crippen LogP) is 2.70. The maximum atomic E-state index is 13.1. The number of carbonyl (C=O) groups excluding carboxylic acids is 2. The number of carbonyl (C=O) groups is 2. The average molecular weight is 422 g/mol. The van der Waals surface area contributed by atoms with Crippen LogP contribution in [0.25, 0.3) is 11.3 Å². The number of amides is 2. The number of rotatable bonds is 4. The van der Waals surface area contributed by atoms with Crippen LogP contribution in [0.1, 0.15) is 36.8 Å². The quantitative estimate of drug-likeness (QED) is 0.819. The van der Waals surface area contributed by atoms with Crippen LogP contribution in [0.4, 0.5) is 5.82 Å². The second kappa shape index (κ2) is 9.04. The molecule has 1 aromatic heterocycles. The molecule has 1 aromatic carbocycles. The van der Waals surface area contributed by atoms with Gasteiger partial charge >= 0.3 is 0 Å². The molecule has 0 bridgehead atoms. The van der Waals surface area contributed by atoms with Gasteiger partial charge in [-0.25, -0.2) is 0 Å². The molecule has 4 rings (SSSR count). The minimum atomic E-state index is -0.251. The summed E-state index contributed by atoms with van der Waals surface area (Å²) < 4.78 is 0. The van der Waals surface area contributed by atoms with E-state index < -0.39 is 0 Å². The first-order chi connectivity index (χ1) is 14.9. The topological polar surface area (TPSA) is 92.4 Å². The molecule has 1 atom stereocenters. The minimum absolute atomic E-state index is 0.0416. The molecule has 164 valence electrons. The number of aryl methyl sites for hydroxylation is 2. The molecule has 2 N–H and O–H groups in total. The SMILES string of the molecule is Cc1ccc(-c2ccc(N3CCC[C@H](C(=O)N4CCC(C(N)=O)CC4)C3)nn2)cc1C. The number of primary amides is 1. The van der Waals surface area contributed by atoms with E-state index >= 15 is 0 Å². The molecule has 2 fully saturated rings. The Hall–Kier alpha value is -2.96. The number of nitrogens with zero attached hydrogens (tertiary/aromatic N) is 4. The highest BCUT2D eigenvalue weighted by Crippen LogP contribution is 2.27. The standard InChI is InChI=1S/C24H31N5O2/c1-16-5-6-19(14-17(16)2)21-7-8-22(27-26-21)29-11-3-4-20(15-29)24(31)28-12-9-18(10-13-28)23(25)30/h5-8,14,18,20H,3-4,9-13,15H2,1-2H3,(H2,25,30)/t20-/m0/s1. The Morgan fingerprint density at radius 1 is 0.935 bits per heavy atom. The van der Waals surface area contributed by atoms with Crippen molar-refractivity contribution >= 4 is 17.6 Å². The van der Waals surface area contributed by atoms with Crippen molar-refractivity contribution in [1.82, 2.24) is 15.1 Å². The van der Waals surface area contributed by atoms with Gasteiger partial charge in [-0.15, -0.1) is 10.2 Å². The zero-order valence-corrected chi connectivity index (χ0v) is 18.4. The largest absolute Gasteiger partial charge is 0.369 e. The Bertz CT molecular complexity index is 951. The highest BCUT2D eigenvalue weighted by Gasteiger charge is 2.33. The first-order valence-corrected chi connectivity index (χ1v) is 11.2. The number of aromatic nitrogens is 2. The van der Waals surface area contributed by atoms with Gasteiger partial charge in [0.05, 0.1) is 11.6 Å². The minimum Gasteiger partial charge on any atom is -0.369 e. The van der Waals surface area contributed by atoms with Gasteiger partial charge in [0, 0.05) is 37.7 Å². The Balaban J connectivity index is 1.39. The maximum absolute atomic E-state index is 13.1. The lowest BCUT2D eigenvalue weighted by Crippen LogP contribution is -2.48.